The highest BCUT2D eigenvalue weighted by Gasteiger charge is 2.21. The van der Waals surface area contributed by atoms with Crippen LogP contribution in [0.25, 0.3) is 0 Å². The van der Waals surface area contributed by atoms with Gasteiger partial charge in [-0.25, -0.2) is 9.37 Å². The molecule has 1 aromatic carbocycles. The Morgan fingerprint density at radius 2 is 1.97 bits per heavy atom. The molecule has 0 unspecified atom stereocenters. The number of aromatic nitrogens is 2. The average Bonchev–Trinajstić information content (AvgIpc) is 2.82. The lowest BCUT2D eigenvalue weighted by Gasteiger charge is -2.19. The van der Waals surface area contributed by atoms with Gasteiger partial charge < -0.3 is 21.3 Å². The van der Waals surface area contributed by atoms with Crippen molar-refractivity contribution in [1.82, 2.24) is 20.6 Å². The van der Waals surface area contributed by atoms with E-state index in [2.05, 4.69) is 49.9 Å². The minimum absolute atomic E-state index is 0.289. The van der Waals surface area contributed by atoms with Crippen molar-refractivity contribution in [2.75, 3.05) is 23.7 Å². The molecule has 3 heterocycles. The van der Waals surface area contributed by atoms with Crippen LogP contribution in [-0.4, -0.2) is 29.0 Å². The Hall–Kier alpha value is -3.78. The fourth-order valence-electron chi connectivity index (χ4n) is 3.76. The van der Waals surface area contributed by atoms with Crippen molar-refractivity contribution >= 4 is 28.8 Å². The summed E-state index contributed by atoms with van der Waals surface area (Å²) in [4.78, 5) is 21.3. The number of nitrogens with one attached hydrogen (secondary N) is 4. The molecule has 0 saturated carbocycles. The predicted molar refractivity (Wildman–Crippen MR) is 134 cm³/mol. The number of anilines is 4. The van der Waals surface area contributed by atoms with Crippen LogP contribution in [0.4, 0.5) is 27.3 Å². The molecule has 8 heteroatoms. The maximum absolute atomic E-state index is 14.4. The Balaban J connectivity index is 1.64. The van der Waals surface area contributed by atoms with Gasteiger partial charge in [-0.2, -0.15) is 0 Å². The zero-order valence-electron chi connectivity index (χ0n) is 19.4. The van der Waals surface area contributed by atoms with Gasteiger partial charge in [-0.1, -0.05) is 12.1 Å². The lowest BCUT2D eigenvalue weighted by Crippen LogP contribution is -2.24. The molecule has 34 heavy (non-hydrogen) atoms. The summed E-state index contributed by atoms with van der Waals surface area (Å²) in [6.07, 6.45) is 5.65. The number of benzene rings is 1. The molecule has 3 aromatic rings. The normalized spacial score (nSPS) is 13.0. The number of carbonyl (C=O) groups is 1. The number of halogens is 1. The second-order valence-corrected chi connectivity index (χ2v) is 8.68. The maximum atomic E-state index is 14.4. The van der Waals surface area contributed by atoms with Crippen molar-refractivity contribution in [3.05, 3.63) is 83.8 Å². The summed E-state index contributed by atoms with van der Waals surface area (Å²) in [6.45, 7) is 8.71. The third-order valence-electron chi connectivity index (χ3n) is 5.57. The first kappa shape index (κ1) is 23.4. The molecule has 0 bridgehead atoms. The number of nitrogens with zero attached hydrogens (tertiary/aromatic N) is 2. The van der Waals surface area contributed by atoms with Crippen molar-refractivity contribution in [1.29, 1.82) is 0 Å². The molecule has 2 aromatic heterocycles. The third kappa shape index (κ3) is 5.58. The highest BCUT2D eigenvalue weighted by atomic mass is 19.1. The van der Waals surface area contributed by atoms with Gasteiger partial charge in [0.2, 0.25) is 0 Å². The topological polar surface area (TPSA) is 91.0 Å². The molecule has 176 valence electrons. The molecule has 0 fully saturated rings. The number of hydrogen-bond acceptors (Lipinski definition) is 6. The molecule has 0 atom stereocenters. The molecule has 1 aliphatic rings. The highest BCUT2D eigenvalue weighted by molar-refractivity contribution is 6.00. The lowest BCUT2D eigenvalue weighted by molar-refractivity contribution is 0.0958. The van der Waals surface area contributed by atoms with E-state index in [4.69, 9.17) is 0 Å². The van der Waals surface area contributed by atoms with Crippen molar-refractivity contribution in [2.24, 2.45) is 0 Å². The molecule has 0 saturated heterocycles. The molecule has 7 nitrogen and oxygen atoms in total. The average molecular weight is 461 g/mol. The minimum atomic E-state index is -1.59. The zero-order chi connectivity index (χ0) is 24.1. The fourth-order valence-corrected chi connectivity index (χ4v) is 3.76. The summed E-state index contributed by atoms with van der Waals surface area (Å²) in [5.41, 5.74) is 3.75. The second-order valence-electron chi connectivity index (χ2n) is 8.68. The number of hydrogen-bond donors (Lipinski definition) is 4. The smallest absolute Gasteiger partial charge is 0.255 e. The van der Waals surface area contributed by atoms with Gasteiger partial charge >= 0.3 is 0 Å². The standard InChI is InChI=1S/C26H29FN6O/c1-4-9-30-25(34)21-16-31-24(33-19-6-5-18-15-28-10-7-17(18)12-19)14-22(21)32-20-8-11-29-23(13-20)26(2,3)27/h4-6,8,11-14,16,28H,1,7,9-10,15H2,2-3H3,(H,30,34)(H2,29,31,32,33). The lowest BCUT2D eigenvalue weighted by atomic mass is 10.0. The summed E-state index contributed by atoms with van der Waals surface area (Å²) in [6, 6.07) is 11.4. The Bertz CT molecular complexity index is 1200. The van der Waals surface area contributed by atoms with E-state index < -0.39 is 5.67 Å². The van der Waals surface area contributed by atoms with Crippen LogP contribution in [0.3, 0.4) is 0 Å². The number of rotatable bonds is 8. The van der Waals surface area contributed by atoms with E-state index in [0.717, 1.165) is 25.2 Å². The van der Waals surface area contributed by atoms with Crippen molar-refractivity contribution in [3.8, 4) is 0 Å². The minimum Gasteiger partial charge on any atom is -0.355 e. The van der Waals surface area contributed by atoms with E-state index >= 15 is 0 Å². The van der Waals surface area contributed by atoms with E-state index in [1.54, 1.807) is 30.5 Å². The van der Waals surface area contributed by atoms with E-state index in [0.29, 0.717) is 35.0 Å². The quantitative estimate of drug-likeness (QED) is 0.364. The predicted octanol–water partition coefficient (Wildman–Crippen LogP) is 4.73. The van der Waals surface area contributed by atoms with Gasteiger partial charge in [0.15, 0.2) is 0 Å². The van der Waals surface area contributed by atoms with Crippen LogP contribution < -0.4 is 21.3 Å². The van der Waals surface area contributed by atoms with Gasteiger partial charge in [-0.05, 0) is 62.2 Å². The molecule has 1 amide bonds. The van der Waals surface area contributed by atoms with Gasteiger partial charge in [-0.15, -0.1) is 6.58 Å². The SMILES string of the molecule is C=CCNC(=O)c1cnc(Nc2ccc3c(c2)CCNC3)cc1Nc1ccnc(C(C)(C)F)c1. The molecular weight excluding hydrogens is 431 g/mol. The van der Waals surface area contributed by atoms with Crippen LogP contribution in [0, 0.1) is 0 Å². The summed E-state index contributed by atoms with van der Waals surface area (Å²) < 4.78 is 14.4. The molecule has 4 rings (SSSR count). The first-order chi connectivity index (χ1) is 16.3. The van der Waals surface area contributed by atoms with Crippen LogP contribution in [0.1, 0.15) is 41.0 Å². The van der Waals surface area contributed by atoms with Crippen molar-refractivity contribution < 1.29 is 9.18 Å². The Morgan fingerprint density at radius 3 is 2.76 bits per heavy atom. The fraction of sp³-hybridized carbons (Fsp3) is 0.269. The Kier molecular flexibility index (Phi) is 6.88. The van der Waals surface area contributed by atoms with Crippen LogP contribution in [0.5, 0.6) is 0 Å². The van der Waals surface area contributed by atoms with Gasteiger partial charge in [0.05, 0.1) is 16.9 Å². The molecule has 4 N–H and O–H groups in total. The Labute approximate surface area is 198 Å². The van der Waals surface area contributed by atoms with E-state index in [1.165, 1.54) is 31.2 Å². The number of fused-ring (bicyclic) bond motifs is 1. The molecule has 0 aliphatic carbocycles. The van der Waals surface area contributed by atoms with Gasteiger partial charge in [0.1, 0.15) is 11.5 Å². The van der Waals surface area contributed by atoms with E-state index in [1.807, 2.05) is 6.07 Å². The summed E-state index contributed by atoms with van der Waals surface area (Å²) in [5.74, 6) is 0.291. The number of pyridine rings is 2. The van der Waals surface area contributed by atoms with Crippen molar-refractivity contribution in [2.45, 2.75) is 32.5 Å². The molecule has 0 radical (unpaired) electrons. The van der Waals surface area contributed by atoms with Gasteiger partial charge in [-0.3, -0.25) is 9.78 Å². The number of carbonyl (C=O) groups excluding carboxylic acids is 1. The first-order valence-electron chi connectivity index (χ1n) is 11.2. The number of alkyl halides is 1. The van der Waals surface area contributed by atoms with Crippen LogP contribution in [-0.2, 0) is 18.6 Å². The summed E-state index contributed by atoms with van der Waals surface area (Å²) in [7, 11) is 0. The second kappa shape index (κ2) is 10.0. The highest BCUT2D eigenvalue weighted by Crippen LogP contribution is 2.29. The van der Waals surface area contributed by atoms with Crippen LogP contribution in [0.2, 0.25) is 0 Å². The van der Waals surface area contributed by atoms with Crippen LogP contribution >= 0.6 is 0 Å². The van der Waals surface area contributed by atoms with Crippen molar-refractivity contribution in [3.63, 3.8) is 0 Å². The zero-order valence-corrected chi connectivity index (χ0v) is 19.4. The molecule has 1 aliphatic heterocycles. The monoisotopic (exact) mass is 460 g/mol. The van der Waals surface area contributed by atoms with Gasteiger partial charge in [0.25, 0.3) is 5.91 Å². The summed E-state index contributed by atoms with van der Waals surface area (Å²) in [5, 5.41) is 12.7. The first-order valence-corrected chi connectivity index (χ1v) is 11.2. The summed E-state index contributed by atoms with van der Waals surface area (Å²) >= 11 is 0. The van der Waals surface area contributed by atoms with Gasteiger partial charge in [0, 0.05) is 42.9 Å². The van der Waals surface area contributed by atoms with E-state index in [9.17, 15) is 9.18 Å². The Morgan fingerprint density at radius 1 is 1.15 bits per heavy atom. The maximum Gasteiger partial charge on any atom is 0.255 e. The molecular formula is C26H29FN6O. The van der Waals surface area contributed by atoms with E-state index in [-0.39, 0.29) is 5.91 Å². The largest absolute Gasteiger partial charge is 0.355 e. The molecule has 0 spiro atoms. The third-order valence-corrected chi connectivity index (χ3v) is 5.57. The number of amides is 1. The van der Waals surface area contributed by atoms with Crippen LogP contribution in [0.15, 0.2) is 61.4 Å².